The van der Waals surface area contributed by atoms with Crippen LogP contribution in [0.15, 0.2) is 48.7 Å². The van der Waals surface area contributed by atoms with Gasteiger partial charge in [0.15, 0.2) is 0 Å². The second-order valence-electron chi connectivity index (χ2n) is 5.27. The summed E-state index contributed by atoms with van der Waals surface area (Å²) in [6.45, 7) is 0.771. The van der Waals surface area contributed by atoms with E-state index in [9.17, 15) is 0 Å². The van der Waals surface area contributed by atoms with Gasteiger partial charge in [0.25, 0.3) is 0 Å². The van der Waals surface area contributed by atoms with Crippen LogP contribution in [0.5, 0.6) is 0 Å². The standard InChI is InChI=1S/C17H18ClN3/c1-21(2)17-7-6-13(10-15(17)18)20-11-12-4-3-5-16-14(12)8-9-19-16/h3-10,19-20H,11H2,1-2H3. The van der Waals surface area contributed by atoms with Crippen LogP contribution in [0.4, 0.5) is 11.4 Å². The number of benzene rings is 2. The number of hydrogen-bond acceptors (Lipinski definition) is 2. The number of anilines is 2. The molecule has 2 N–H and O–H groups in total. The number of rotatable bonds is 4. The van der Waals surface area contributed by atoms with E-state index in [1.165, 1.54) is 10.9 Å². The molecule has 0 atom stereocenters. The number of aromatic amines is 1. The van der Waals surface area contributed by atoms with Crippen molar-refractivity contribution in [1.82, 2.24) is 4.98 Å². The summed E-state index contributed by atoms with van der Waals surface area (Å²) < 4.78 is 0. The molecule has 0 radical (unpaired) electrons. The van der Waals surface area contributed by atoms with E-state index in [0.29, 0.717) is 0 Å². The zero-order chi connectivity index (χ0) is 14.8. The minimum Gasteiger partial charge on any atom is -0.381 e. The fourth-order valence-electron chi connectivity index (χ4n) is 2.48. The van der Waals surface area contributed by atoms with Crippen LogP contribution in [0.25, 0.3) is 10.9 Å². The molecule has 21 heavy (non-hydrogen) atoms. The molecule has 0 unspecified atom stereocenters. The SMILES string of the molecule is CN(C)c1ccc(NCc2cccc3[nH]ccc23)cc1Cl. The van der Waals surface area contributed by atoms with Gasteiger partial charge in [0, 0.05) is 43.4 Å². The first-order valence-electron chi connectivity index (χ1n) is 6.91. The van der Waals surface area contributed by atoms with Gasteiger partial charge in [0.2, 0.25) is 0 Å². The van der Waals surface area contributed by atoms with Crippen LogP contribution in [0.1, 0.15) is 5.56 Å². The van der Waals surface area contributed by atoms with E-state index < -0.39 is 0 Å². The number of nitrogens with one attached hydrogen (secondary N) is 2. The van der Waals surface area contributed by atoms with Crippen molar-refractivity contribution in [1.29, 1.82) is 0 Å². The lowest BCUT2D eigenvalue weighted by molar-refractivity contribution is 1.13. The van der Waals surface area contributed by atoms with E-state index in [4.69, 9.17) is 11.6 Å². The Bertz CT molecular complexity index is 762. The van der Waals surface area contributed by atoms with Gasteiger partial charge < -0.3 is 15.2 Å². The molecule has 108 valence electrons. The molecule has 0 fully saturated rings. The predicted molar refractivity (Wildman–Crippen MR) is 91.4 cm³/mol. The maximum absolute atomic E-state index is 6.30. The molecule has 0 aliphatic carbocycles. The smallest absolute Gasteiger partial charge is 0.0659 e. The van der Waals surface area contributed by atoms with Crippen LogP contribution < -0.4 is 10.2 Å². The molecular weight excluding hydrogens is 282 g/mol. The van der Waals surface area contributed by atoms with Gasteiger partial charge in [-0.2, -0.15) is 0 Å². The van der Waals surface area contributed by atoms with Gasteiger partial charge in [-0.05, 0) is 35.9 Å². The normalized spacial score (nSPS) is 10.8. The molecule has 2 aromatic carbocycles. The van der Waals surface area contributed by atoms with Crippen molar-refractivity contribution in [3.63, 3.8) is 0 Å². The molecule has 1 heterocycles. The Kier molecular flexibility index (Phi) is 3.76. The number of halogens is 1. The van der Waals surface area contributed by atoms with Gasteiger partial charge >= 0.3 is 0 Å². The van der Waals surface area contributed by atoms with Crippen LogP contribution in [0, 0.1) is 0 Å². The third-order valence-electron chi connectivity index (χ3n) is 3.60. The van der Waals surface area contributed by atoms with Crippen molar-refractivity contribution in [2.24, 2.45) is 0 Å². The van der Waals surface area contributed by atoms with Gasteiger partial charge in [-0.1, -0.05) is 23.7 Å². The Morgan fingerprint density at radius 2 is 2.00 bits per heavy atom. The summed E-state index contributed by atoms with van der Waals surface area (Å²) in [4.78, 5) is 5.24. The van der Waals surface area contributed by atoms with E-state index in [1.807, 2.05) is 37.3 Å². The summed E-state index contributed by atoms with van der Waals surface area (Å²) in [5.41, 5.74) is 4.48. The monoisotopic (exact) mass is 299 g/mol. The van der Waals surface area contributed by atoms with Crippen molar-refractivity contribution in [3.05, 3.63) is 59.2 Å². The highest BCUT2D eigenvalue weighted by Gasteiger charge is 2.05. The first-order valence-corrected chi connectivity index (χ1v) is 7.28. The van der Waals surface area contributed by atoms with Gasteiger partial charge in [-0.3, -0.25) is 0 Å². The third kappa shape index (κ3) is 2.83. The Morgan fingerprint density at radius 1 is 1.14 bits per heavy atom. The lowest BCUT2D eigenvalue weighted by Crippen LogP contribution is -2.09. The highest BCUT2D eigenvalue weighted by Crippen LogP contribution is 2.28. The maximum atomic E-state index is 6.30. The van der Waals surface area contributed by atoms with Gasteiger partial charge in [0.1, 0.15) is 0 Å². The molecule has 4 heteroatoms. The summed E-state index contributed by atoms with van der Waals surface area (Å²) in [5.74, 6) is 0. The third-order valence-corrected chi connectivity index (χ3v) is 3.90. The first kappa shape index (κ1) is 13.8. The first-order chi connectivity index (χ1) is 10.1. The van der Waals surface area contributed by atoms with E-state index >= 15 is 0 Å². The van der Waals surface area contributed by atoms with Crippen LogP contribution in [0.3, 0.4) is 0 Å². The molecule has 3 aromatic rings. The zero-order valence-electron chi connectivity index (χ0n) is 12.2. The van der Waals surface area contributed by atoms with Crippen LogP contribution in [-0.4, -0.2) is 19.1 Å². The number of fused-ring (bicyclic) bond motifs is 1. The lowest BCUT2D eigenvalue weighted by atomic mass is 10.1. The summed E-state index contributed by atoms with van der Waals surface area (Å²) in [6.07, 6.45) is 1.97. The highest BCUT2D eigenvalue weighted by molar-refractivity contribution is 6.33. The molecule has 0 aliphatic heterocycles. The van der Waals surface area contributed by atoms with Crippen molar-refractivity contribution in [3.8, 4) is 0 Å². The number of H-pyrrole nitrogens is 1. The van der Waals surface area contributed by atoms with Crippen molar-refractivity contribution < 1.29 is 0 Å². The van der Waals surface area contributed by atoms with Crippen LogP contribution in [0.2, 0.25) is 5.02 Å². The van der Waals surface area contributed by atoms with Crippen LogP contribution in [-0.2, 0) is 6.54 Å². The van der Waals surface area contributed by atoms with Crippen molar-refractivity contribution in [2.75, 3.05) is 24.3 Å². The molecule has 0 spiro atoms. The molecular formula is C17H18ClN3. The molecule has 3 nitrogen and oxygen atoms in total. The predicted octanol–water partition coefficient (Wildman–Crippen LogP) is 4.50. The van der Waals surface area contributed by atoms with E-state index in [-0.39, 0.29) is 0 Å². The average molecular weight is 300 g/mol. The van der Waals surface area contributed by atoms with Gasteiger partial charge in [-0.25, -0.2) is 0 Å². The number of aromatic nitrogens is 1. The van der Waals surface area contributed by atoms with Crippen LogP contribution >= 0.6 is 11.6 Å². The second kappa shape index (κ2) is 5.70. The largest absolute Gasteiger partial charge is 0.381 e. The molecule has 0 aliphatic rings. The van der Waals surface area contributed by atoms with E-state index in [2.05, 4.69) is 40.6 Å². The molecule has 0 bridgehead atoms. The van der Waals surface area contributed by atoms with Crippen molar-refractivity contribution in [2.45, 2.75) is 6.54 Å². The van der Waals surface area contributed by atoms with Crippen molar-refractivity contribution >= 4 is 33.9 Å². The summed E-state index contributed by atoms with van der Waals surface area (Å²) in [5, 5.41) is 5.44. The average Bonchev–Trinajstić information content (AvgIpc) is 2.93. The molecule has 0 amide bonds. The minimum atomic E-state index is 0.754. The summed E-state index contributed by atoms with van der Waals surface area (Å²) in [6, 6.07) is 14.4. The maximum Gasteiger partial charge on any atom is 0.0659 e. The summed E-state index contributed by atoms with van der Waals surface area (Å²) >= 11 is 6.30. The topological polar surface area (TPSA) is 31.1 Å². The Morgan fingerprint density at radius 3 is 2.76 bits per heavy atom. The Hall–Kier alpha value is -2.13. The summed E-state index contributed by atoms with van der Waals surface area (Å²) in [7, 11) is 3.97. The van der Waals surface area contributed by atoms with E-state index in [1.54, 1.807) is 0 Å². The molecule has 0 saturated carbocycles. The lowest BCUT2D eigenvalue weighted by Gasteiger charge is -2.16. The fourth-order valence-corrected chi connectivity index (χ4v) is 2.83. The number of nitrogens with zero attached hydrogens (tertiary/aromatic N) is 1. The quantitative estimate of drug-likeness (QED) is 0.743. The second-order valence-corrected chi connectivity index (χ2v) is 5.68. The van der Waals surface area contributed by atoms with E-state index in [0.717, 1.165) is 28.5 Å². The molecule has 0 saturated heterocycles. The zero-order valence-corrected chi connectivity index (χ0v) is 12.9. The number of hydrogen-bond donors (Lipinski definition) is 2. The molecule has 1 aromatic heterocycles. The fraction of sp³-hybridized carbons (Fsp3) is 0.176. The minimum absolute atomic E-state index is 0.754. The highest BCUT2D eigenvalue weighted by atomic mass is 35.5. The molecule has 3 rings (SSSR count). The van der Waals surface area contributed by atoms with Gasteiger partial charge in [0.05, 0.1) is 10.7 Å². The van der Waals surface area contributed by atoms with Gasteiger partial charge in [-0.15, -0.1) is 0 Å². The Balaban J connectivity index is 1.79. The Labute approximate surface area is 129 Å².